The summed E-state index contributed by atoms with van der Waals surface area (Å²) in [7, 11) is 0. The zero-order valence-corrected chi connectivity index (χ0v) is 10.9. The molecule has 1 rings (SSSR count). The van der Waals surface area contributed by atoms with Gasteiger partial charge in [0, 0.05) is 11.6 Å². The summed E-state index contributed by atoms with van der Waals surface area (Å²) in [5, 5.41) is 8.64. The van der Waals surface area contributed by atoms with Crippen LogP contribution < -0.4 is 10.5 Å². The van der Waals surface area contributed by atoms with Crippen LogP contribution in [0.15, 0.2) is 24.3 Å². The molecule has 0 saturated carbocycles. The van der Waals surface area contributed by atoms with E-state index in [9.17, 15) is 9.59 Å². The van der Waals surface area contributed by atoms with E-state index < -0.39 is 17.8 Å². The van der Waals surface area contributed by atoms with Gasteiger partial charge in [-0.1, -0.05) is 25.1 Å². The van der Waals surface area contributed by atoms with E-state index in [-0.39, 0.29) is 6.61 Å². The van der Waals surface area contributed by atoms with Crippen molar-refractivity contribution in [1.82, 2.24) is 0 Å². The van der Waals surface area contributed by atoms with Crippen LogP contribution in [0.3, 0.4) is 0 Å². The Balaban J connectivity index is 2.92. The van der Waals surface area contributed by atoms with Crippen molar-refractivity contribution >= 4 is 18.0 Å². The molecule has 1 amide bonds. The first-order chi connectivity index (χ1) is 8.91. The largest absolute Gasteiger partial charge is 0.492 e. The molecular formula is C14H17NO4. The second kappa shape index (κ2) is 6.58. The molecule has 3 N–H and O–H groups in total. The quantitative estimate of drug-likeness (QED) is 0.763. The summed E-state index contributed by atoms with van der Waals surface area (Å²) >= 11 is 0. The van der Waals surface area contributed by atoms with E-state index in [0.717, 1.165) is 11.6 Å². The highest BCUT2D eigenvalue weighted by molar-refractivity contribution is 5.86. The van der Waals surface area contributed by atoms with Crippen LogP contribution in [0.5, 0.6) is 5.75 Å². The van der Waals surface area contributed by atoms with Gasteiger partial charge in [-0.2, -0.15) is 0 Å². The first kappa shape index (κ1) is 14.8. The van der Waals surface area contributed by atoms with Gasteiger partial charge in [-0.3, -0.25) is 4.79 Å². The predicted molar refractivity (Wildman–Crippen MR) is 71.7 cm³/mol. The number of aryl methyl sites for hydroxylation is 1. The molecule has 0 spiro atoms. The maximum Gasteiger partial charge on any atom is 0.328 e. The molecule has 19 heavy (non-hydrogen) atoms. The van der Waals surface area contributed by atoms with Gasteiger partial charge in [0.05, 0.1) is 12.5 Å². The number of nitrogens with two attached hydrogens (primary N) is 1. The highest BCUT2D eigenvalue weighted by Gasteiger charge is 2.12. The Hall–Kier alpha value is -2.30. The number of carboxylic acid groups (broad SMARTS) is 1. The monoisotopic (exact) mass is 263 g/mol. The number of carbonyl (C=O) groups excluding carboxylic acids is 1. The summed E-state index contributed by atoms with van der Waals surface area (Å²) in [5.74, 6) is -1.31. The van der Waals surface area contributed by atoms with Crippen LogP contribution in [0.1, 0.15) is 18.1 Å². The summed E-state index contributed by atoms with van der Waals surface area (Å²) in [6, 6.07) is 5.40. The Kier molecular flexibility index (Phi) is 5.11. The molecule has 0 radical (unpaired) electrons. The molecule has 0 saturated heterocycles. The number of ether oxygens (including phenoxy) is 1. The molecule has 0 bridgehead atoms. The molecule has 1 atom stereocenters. The van der Waals surface area contributed by atoms with Gasteiger partial charge in [0.1, 0.15) is 5.75 Å². The van der Waals surface area contributed by atoms with E-state index in [2.05, 4.69) is 0 Å². The molecule has 0 aliphatic heterocycles. The lowest BCUT2D eigenvalue weighted by Gasteiger charge is -2.14. The lowest BCUT2D eigenvalue weighted by molar-refractivity contribution is -0.131. The van der Waals surface area contributed by atoms with Gasteiger partial charge in [0.15, 0.2) is 0 Å². The standard InChI is InChI=1S/C14H17NO4/c1-9-4-3-5-11(6-7-12(16)17)13(9)19-8-10(2)14(15)18/h3-7,10H,8H2,1-2H3,(H2,15,18)(H,16,17)/b7-6+. The normalized spacial score (nSPS) is 12.3. The molecule has 0 fully saturated rings. The van der Waals surface area contributed by atoms with Crippen molar-refractivity contribution in [3.8, 4) is 5.75 Å². The first-order valence-corrected chi connectivity index (χ1v) is 5.84. The number of carbonyl (C=O) groups is 2. The number of hydrogen-bond acceptors (Lipinski definition) is 3. The third-order valence-electron chi connectivity index (χ3n) is 2.61. The first-order valence-electron chi connectivity index (χ1n) is 5.84. The Morgan fingerprint density at radius 1 is 1.47 bits per heavy atom. The molecular weight excluding hydrogens is 246 g/mol. The number of primary amides is 1. The molecule has 1 aromatic carbocycles. The van der Waals surface area contributed by atoms with Crippen LogP contribution in [0, 0.1) is 12.8 Å². The Morgan fingerprint density at radius 3 is 2.74 bits per heavy atom. The van der Waals surface area contributed by atoms with Crippen molar-refractivity contribution in [3.63, 3.8) is 0 Å². The summed E-state index contributed by atoms with van der Waals surface area (Å²) < 4.78 is 5.58. The number of benzene rings is 1. The van der Waals surface area contributed by atoms with Crippen LogP contribution in [0.4, 0.5) is 0 Å². The van der Waals surface area contributed by atoms with Crippen LogP contribution in [0.2, 0.25) is 0 Å². The minimum atomic E-state index is -1.03. The summed E-state index contributed by atoms with van der Waals surface area (Å²) in [6.07, 6.45) is 2.50. The maximum absolute atomic E-state index is 11.0. The molecule has 102 valence electrons. The third kappa shape index (κ3) is 4.46. The number of hydrogen-bond donors (Lipinski definition) is 2. The number of para-hydroxylation sites is 1. The summed E-state index contributed by atoms with van der Waals surface area (Å²) in [5.41, 5.74) is 6.68. The Labute approximate surface area is 111 Å². The Morgan fingerprint density at radius 2 is 2.16 bits per heavy atom. The van der Waals surface area contributed by atoms with E-state index >= 15 is 0 Å². The topological polar surface area (TPSA) is 89.6 Å². The third-order valence-corrected chi connectivity index (χ3v) is 2.61. The maximum atomic E-state index is 11.0. The molecule has 0 aliphatic rings. The fourth-order valence-electron chi connectivity index (χ4n) is 1.46. The number of carboxylic acids is 1. The van der Waals surface area contributed by atoms with Crippen LogP contribution in [-0.2, 0) is 9.59 Å². The van der Waals surface area contributed by atoms with E-state index in [1.165, 1.54) is 6.08 Å². The molecule has 5 nitrogen and oxygen atoms in total. The molecule has 1 aromatic rings. The smallest absolute Gasteiger partial charge is 0.328 e. The number of aliphatic carboxylic acids is 1. The minimum absolute atomic E-state index is 0.161. The lowest BCUT2D eigenvalue weighted by Crippen LogP contribution is -2.26. The zero-order valence-electron chi connectivity index (χ0n) is 10.9. The van der Waals surface area contributed by atoms with Crippen molar-refractivity contribution in [2.45, 2.75) is 13.8 Å². The SMILES string of the molecule is Cc1cccc(/C=C/C(=O)O)c1OCC(C)C(N)=O. The van der Waals surface area contributed by atoms with Crippen LogP contribution >= 0.6 is 0 Å². The van der Waals surface area contributed by atoms with Gasteiger partial charge in [0.25, 0.3) is 0 Å². The summed E-state index contributed by atoms with van der Waals surface area (Å²) in [6.45, 7) is 3.68. The van der Waals surface area contributed by atoms with Crippen LogP contribution in [-0.4, -0.2) is 23.6 Å². The number of amides is 1. The van der Waals surface area contributed by atoms with E-state index in [1.807, 2.05) is 13.0 Å². The van der Waals surface area contributed by atoms with Crippen molar-refractivity contribution < 1.29 is 19.4 Å². The molecule has 0 aromatic heterocycles. The van der Waals surface area contributed by atoms with Crippen LogP contribution in [0.25, 0.3) is 6.08 Å². The summed E-state index contributed by atoms with van der Waals surface area (Å²) in [4.78, 5) is 21.5. The highest BCUT2D eigenvalue weighted by atomic mass is 16.5. The van der Waals surface area contributed by atoms with Gasteiger partial charge in [-0.05, 0) is 18.6 Å². The second-order valence-electron chi connectivity index (χ2n) is 4.28. The predicted octanol–water partition coefficient (Wildman–Crippen LogP) is 1.59. The molecule has 0 heterocycles. The highest BCUT2D eigenvalue weighted by Crippen LogP contribution is 2.25. The van der Waals surface area contributed by atoms with Gasteiger partial charge in [-0.15, -0.1) is 0 Å². The minimum Gasteiger partial charge on any atom is -0.492 e. The van der Waals surface area contributed by atoms with E-state index in [4.69, 9.17) is 15.6 Å². The van der Waals surface area contributed by atoms with Gasteiger partial charge in [0.2, 0.25) is 5.91 Å². The second-order valence-corrected chi connectivity index (χ2v) is 4.28. The van der Waals surface area contributed by atoms with Gasteiger partial charge in [-0.25, -0.2) is 4.79 Å². The average molecular weight is 263 g/mol. The Bertz CT molecular complexity index is 508. The fraction of sp³-hybridized carbons (Fsp3) is 0.286. The van der Waals surface area contributed by atoms with Gasteiger partial charge < -0.3 is 15.6 Å². The van der Waals surface area contributed by atoms with Crippen molar-refractivity contribution in [2.75, 3.05) is 6.61 Å². The van der Waals surface area contributed by atoms with Crippen molar-refractivity contribution in [2.24, 2.45) is 11.7 Å². The molecule has 1 unspecified atom stereocenters. The zero-order chi connectivity index (χ0) is 14.4. The van der Waals surface area contributed by atoms with Crippen molar-refractivity contribution in [1.29, 1.82) is 0 Å². The number of rotatable bonds is 6. The van der Waals surface area contributed by atoms with E-state index in [1.54, 1.807) is 19.1 Å². The van der Waals surface area contributed by atoms with Gasteiger partial charge >= 0.3 is 5.97 Å². The lowest BCUT2D eigenvalue weighted by atomic mass is 10.1. The van der Waals surface area contributed by atoms with E-state index in [0.29, 0.717) is 11.3 Å². The average Bonchev–Trinajstić information content (AvgIpc) is 2.34. The fourth-order valence-corrected chi connectivity index (χ4v) is 1.46. The molecule has 5 heteroatoms. The molecule has 0 aliphatic carbocycles. The van der Waals surface area contributed by atoms with Crippen molar-refractivity contribution in [3.05, 3.63) is 35.4 Å².